The summed E-state index contributed by atoms with van der Waals surface area (Å²) < 4.78 is 16.3. The van der Waals surface area contributed by atoms with Crippen molar-refractivity contribution in [2.75, 3.05) is 25.3 Å². The largest absolute Gasteiger partial charge is 0.493 e. The Bertz CT molecular complexity index is 2060. The Labute approximate surface area is 272 Å². The van der Waals surface area contributed by atoms with Crippen molar-refractivity contribution in [3.8, 4) is 34.3 Å². The van der Waals surface area contributed by atoms with Gasteiger partial charge in [0, 0.05) is 27.4 Å². The summed E-state index contributed by atoms with van der Waals surface area (Å²) >= 11 is 7.21. The number of ketones is 1. The van der Waals surface area contributed by atoms with E-state index < -0.39 is 0 Å². The summed E-state index contributed by atoms with van der Waals surface area (Å²) in [6.07, 6.45) is 3.19. The van der Waals surface area contributed by atoms with Gasteiger partial charge in [0.05, 0.1) is 31.0 Å². The van der Waals surface area contributed by atoms with Gasteiger partial charge in [-0.25, -0.2) is 4.98 Å². The topological polar surface area (TPSA) is 132 Å². The Kier molecular flexibility index (Phi) is 9.13. The number of hydrogen-bond acceptors (Lipinski definition) is 9. The van der Waals surface area contributed by atoms with Gasteiger partial charge in [0.15, 0.2) is 17.3 Å². The van der Waals surface area contributed by atoms with Crippen molar-refractivity contribution in [1.29, 1.82) is 0 Å². The fraction of sp³-hybridized carbons (Fsp3) is 0.0882. The molecule has 0 unspecified atom stereocenters. The maximum Gasteiger partial charge on any atom is 0.277 e. The molecule has 6 rings (SSSR count). The normalized spacial score (nSPS) is 11.2. The SMILES string of the molecule is COc1ccc(/C=C/C(=O)c2ccc(NC(=O)CSc3nnc(-c4ccc(-c5nc6ccc(Cl)cc6[nH]5)cc4)o3)cc2)cc1OC. The molecule has 0 atom stereocenters. The lowest BCUT2D eigenvalue weighted by atomic mass is 10.1. The molecule has 0 bridgehead atoms. The van der Waals surface area contributed by atoms with Crippen LogP contribution in [-0.2, 0) is 4.79 Å². The van der Waals surface area contributed by atoms with Gasteiger partial charge >= 0.3 is 0 Å². The Morgan fingerprint density at radius 3 is 2.43 bits per heavy atom. The number of benzene rings is 4. The molecule has 12 heteroatoms. The Hall–Kier alpha value is -5.39. The fourth-order valence-electron chi connectivity index (χ4n) is 4.54. The highest BCUT2D eigenvalue weighted by Gasteiger charge is 2.13. The summed E-state index contributed by atoms with van der Waals surface area (Å²) in [6, 6.07) is 25.1. The van der Waals surface area contributed by atoms with Crippen LogP contribution in [0.3, 0.4) is 0 Å². The molecule has 10 nitrogen and oxygen atoms in total. The van der Waals surface area contributed by atoms with Crippen LogP contribution < -0.4 is 14.8 Å². The van der Waals surface area contributed by atoms with Crippen molar-refractivity contribution in [3.63, 3.8) is 0 Å². The highest BCUT2D eigenvalue weighted by Crippen LogP contribution is 2.29. The summed E-state index contributed by atoms with van der Waals surface area (Å²) in [5, 5.41) is 11.9. The number of aromatic amines is 1. The number of hydrogen-bond donors (Lipinski definition) is 2. The summed E-state index contributed by atoms with van der Waals surface area (Å²) in [5.74, 6) is 1.88. The minimum Gasteiger partial charge on any atom is -0.493 e. The quantitative estimate of drug-likeness (QED) is 0.0826. The van der Waals surface area contributed by atoms with E-state index in [-0.39, 0.29) is 22.7 Å². The van der Waals surface area contributed by atoms with Crippen LogP contribution in [0.15, 0.2) is 101 Å². The van der Waals surface area contributed by atoms with Crippen LogP contribution in [0.25, 0.3) is 40.0 Å². The first kappa shape index (κ1) is 30.6. The van der Waals surface area contributed by atoms with E-state index in [1.165, 1.54) is 6.08 Å². The number of nitrogens with one attached hydrogen (secondary N) is 2. The molecule has 2 aromatic heterocycles. The minimum absolute atomic E-state index is 0.0609. The second kappa shape index (κ2) is 13.7. The zero-order chi connectivity index (χ0) is 32.0. The average Bonchev–Trinajstić information content (AvgIpc) is 3.74. The third-order valence-corrected chi connectivity index (χ3v) is 7.92. The monoisotopic (exact) mass is 651 g/mol. The molecule has 0 aliphatic carbocycles. The number of ether oxygens (including phenoxy) is 2. The van der Waals surface area contributed by atoms with Crippen LogP contribution in [-0.4, -0.2) is 51.8 Å². The van der Waals surface area contributed by atoms with Gasteiger partial charge in [-0.05, 0) is 78.4 Å². The maximum atomic E-state index is 12.7. The highest BCUT2D eigenvalue weighted by atomic mass is 35.5. The molecule has 0 saturated heterocycles. The number of anilines is 1. The van der Waals surface area contributed by atoms with Gasteiger partial charge in [0.25, 0.3) is 5.22 Å². The molecular formula is C34H26ClN5O5S. The lowest BCUT2D eigenvalue weighted by molar-refractivity contribution is -0.113. The molecule has 46 heavy (non-hydrogen) atoms. The van der Waals surface area contributed by atoms with Crippen LogP contribution in [0, 0.1) is 0 Å². The van der Waals surface area contributed by atoms with Gasteiger partial charge in [-0.3, -0.25) is 9.59 Å². The predicted molar refractivity (Wildman–Crippen MR) is 179 cm³/mol. The van der Waals surface area contributed by atoms with Gasteiger partial charge < -0.3 is 24.2 Å². The van der Waals surface area contributed by atoms with E-state index in [9.17, 15) is 9.59 Å². The highest BCUT2D eigenvalue weighted by molar-refractivity contribution is 7.99. The zero-order valence-electron chi connectivity index (χ0n) is 24.6. The number of imidazole rings is 1. The molecule has 6 aromatic rings. The van der Waals surface area contributed by atoms with Gasteiger partial charge in [-0.2, -0.15) is 0 Å². The summed E-state index contributed by atoms with van der Waals surface area (Å²) in [4.78, 5) is 33.1. The number of allylic oxidation sites excluding steroid dienone is 1. The number of rotatable bonds is 11. The number of fused-ring (bicyclic) bond motifs is 1. The first-order valence-electron chi connectivity index (χ1n) is 14.0. The third-order valence-electron chi connectivity index (χ3n) is 6.87. The van der Waals surface area contributed by atoms with Crippen molar-refractivity contribution >= 4 is 57.9 Å². The van der Waals surface area contributed by atoms with Gasteiger partial charge in [0.1, 0.15) is 5.82 Å². The predicted octanol–water partition coefficient (Wildman–Crippen LogP) is 7.58. The molecule has 1 amide bonds. The van der Waals surface area contributed by atoms with Crippen LogP contribution in [0.1, 0.15) is 15.9 Å². The average molecular weight is 652 g/mol. The second-order valence-electron chi connectivity index (χ2n) is 9.92. The van der Waals surface area contributed by atoms with Crippen molar-refractivity contribution in [2.45, 2.75) is 5.22 Å². The van der Waals surface area contributed by atoms with Crippen LogP contribution in [0.4, 0.5) is 5.69 Å². The molecule has 0 saturated carbocycles. The summed E-state index contributed by atoms with van der Waals surface area (Å²) in [7, 11) is 3.12. The second-order valence-corrected chi connectivity index (χ2v) is 11.3. The van der Waals surface area contributed by atoms with Crippen molar-refractivity contribution in [1.82, 2.24) is 20.2 Å². The molecule has 2 N–H and O–H groups in total. The number of H-pyrrole nitrogens is 1. The molecule has 0 fully saturated rings. The van der Waals surface area contributed by atoms with E-state index in [2.05, 4.69) is 25.5 Å². The number of methoxy groups -OCH3 is 2. The van der Waals surface area contributed by atoms with Gasteiger partial charge in [-0.1, -0.05) is 47.6 Å². The number of halogens is 1. The molecule has 4 aromatic carbocycles. The van der Waals surface area contributed by atoms with E-state index in [0.29, 0.717) is 33.7 Å². The van der Waals surface area contributed by atoms with E-state index in [0.717, 1.165) is 45.3 Å². The Morgan fingerprint density at radius 2 is 1.67 bits per heavy atom. The molecule has 0 radical (unpaired) electrons. The number of aromatic nitrogens is 4. The van der Waals surface area contributed by atoms with Crippen LogP contribution in [0.2, 0.25) is 5.02 Å². The van der Waals surface area contributed by atoms with E-state index in [1.807, 2.05) is 42.5 Å². The van der Waals surface area contributed by atoms with Crippen LogP contribution in [0.5, 0.6) is 11.5 Å². The van der Waals surface area contributed by atoms with Gasteiger partial charge in [0.2, 0.25) is 11.8 Å². The number of carbonyl (C=O) groups is 2. The number of carbonyl (C=O) groups excluding carboxylic acids is 2. The molecule has 230 valence electrons. The first-order chi connectivity index (χ1) is 22.4. The van der Waals surface area contributed by atoms with Gasteiger partial charge in [-0.15, -0.1) is 10.2 Å². The summed E-state index contributed by atoms with van der Waals surface area (Å²) in [6.45, 7) is 0. The molecular weight excluding hydrogens is 626 g/mol. The third kappa shape index (κ3) is 7.12. The number of nitrogens with zero attached hydrogens (tertiary/aromatic N) is 3. The molecule has 0 aliphatic heterocycles. The Balaban J connectivity index is 1.00. The lowest BCUT2D eigenvalue weighted by Gasteiger charge is -2.07. The first-order valence-corrected chi connectivity index (χ1v) is 15.3. The molecule has 0 aliphatic rings. The zero-order valence-corrected chi connectivity index (χ0v) is 26.2. The minimum atomic E-state index is -0.256. The smallest absolute Gasteiger partial charge is 0.277 e. The van der Waals surface area contributed by atoms with E-state index >= 15 is 0 Å². The number of amides is 1. The molecule has 0 spiro atoms. The van der Waals surface area contributed by atoms with Crippen molar-refractivity contribution in [3.05, 3.63) is 107 Å². The van der Waals surface area contributed by atoms with Crippen molar-refractivity contribution < 1.29 is 23.5 Å². The summed E-state index contributed by atoms with van der Waals surface area (Å²) in [5.41, 5.74) is 5.16. The van der Waals surface area contributed by atoms with Crippen LogP contribution >= 0.6 is 23.4 Å². The maximum absolute atomic E-state index is 12.7. The van der Waals surface area contributed by atoms with Crippen molar-refractivity contribution in [2.24, 2.45) is 0 Å². The van der Waals surface area contributed by atoms with E-state index in [1.54, 1.807) is 62.8 Å². The van der Waals surface area contributed by atoms with E-state index in [4.69, 9.17) is 25.5 Å². The molecule has 2 heterocycles. The Morgan fingerprint density at radius 1 is 0.913 bits per heavy atom. The lowest BCUT2D eigenvalue weighted by Crippen LogP contribution is -2.14. The number of thioether (sulfide) groups is 1. The standard InChI is InChI=1S/C34H26ClN5O5S/c1-43-29-16-4-20(17-30(29)44-2)3-15-28(41)21-9-12-25(13-10-21)36-31(42)19-46-34-40-39-33(45-34)23-7-5-22(6-8-23)32-37-26-14-11-24(35)18-27(26)38-32/h3-18H,19H2,1-2H3,(H,36,42)(H,37,38)/b15-3+. The fourth-order valence-corrected chi connectivity index (χ4v) is 5.28.